The predicted octanol–water partition coefficient (Wildman–Crippen LogP) is 4.75. The lowest BCUT2D eigenvalue weighted by molar-refractivity contribution is -0.123. The number of aliphatic hydroxyl groups is 1. The average Bonchev–Trinajstić information content (AvgIpc) is 3.93. The topological polar surface area (TPSA) is 142 Å². The first-order chi connectivity index (χ1) is 21.4. The minimum atomic E-state index is -1.62. The Hall–Kier alpha value is -3.93. The second kappa shape index (κ2) is 10.3. The third-order valence-corrected chi connectivity index (χ3v) is 10.0. The van der Waals surface area contributed by atoms with Gasteiger partial charge < -0.3 is 25.6 Å². The molecule has 4 N–H and O–H groups in total. The van der Waals surface area contributed by atoms with Crippen molar-refractivity contribution in [3.05, 3.63) is 70.3 Å². The van der Waals surface area contributed by atoms with Crippen LogP contribution < -0.4 is 20.5 Å². The summed E-state index contributed by atoms with van der Waals surface area (Å²) in [7, 11) is 1.50. The number of pyridine rings is 1. The van der Waals surface area contributed by atoms with Crippen LogP contribution in [0.4, 0.5) is 4.39 Å². The molecule has 0 radical (unpaired) electrons. The Balaban J connectivity index is 1.26. The van der Waals surface area contributed by atoms with Crippen molar-refractivity contribution in [1.29, 1.82) is 0 Å². The lowest BCUT2D eigenvalue weighted by atomic mass is 9.81. The van der Waals surface area contributed by atoms with Crippen molar-refractivity contribution < 1.29 is 28.6 Å². The van der Waals surface area contributed by atoms with E-state index in [0.717, 1.165) is 18.9 Å². The van der Waals surface area contributed by atoms with Gasteiger partial charge in [0, 0.05) is 28.3 Å². The van der Waals surface area contributed by atoms with Gasteiger partial charge in [0.1, 0.15) is 51.1 Å². The zero-order chi connectivity index (χ0) is 31.9. The second-order valence-corrected chi connectivity index (χ2v) is 13.4. The highest BCUT2D eigenvalue weighted by atomic mass is 35.5. The number of primary amides is 1. The number of rotatable bonds is 9. The number of aromatic nitrogens is 3. The molecule has 3 aliphatic rings. The molecule has 2 atom stereocenters. The summed E-state index contributed by atoms with van der Waals surface area (Å²) in [6, 6.07) is 8.77. The SMILES string of the molecule is COc1cc(C(=O)NCC(O)(c2cc3c(c(-c4ccc(F)cc4Cl)n2)OC[C@]3(C)C(N)=O)C2CC2)cc2cn(C3(Cl)CC3)nc12. The number of carbonyl (C=O) groups is 2. The highest BCUT2D eigenvalue weighted by Gasteiger charge is 2.50. The third kappa shape index (κ3) is 4.88. The van der Waals surface area contributed by atoms with E-state index in [-0.39, 0.29) is 41.2 Å². The molecule has 2 amide bonds. The zero-order valence-electron chi connectivity index (χ0n) is 24.5. The number of nitrogens with zero attached hydrogens (tertiary/aromatic N) is 3. The molecule has 0 bridgehead atoms. The number of amides is 2. The monoisotopic (exact) mass is 653 g/mol. The Morgan fingerprint density at radius 1 is 1.27 bits per heavy atom. The van der Waals surface area contributed by atoms with E-state index in [1.54, 1.807) is 36.0 Å². The minimum Gasteiger partial charge on any atom is -0.494 e. The molecule has 1 aliphatic heterocycles. The van der Waals surface area contributed by atoms with Crippen LogP contribution in [0.3, 0.4) is 0 Å². The lowest BCUT2D eigenvalue weighted by Gasteiger charge is -2.30. The number of hydrogen-bond acceptors (Lipinski definition) is 7. The second-order valence-electron chi connectivity index (χ2n) is 12.3. The summed E-state index contributed by atoms with van der Waals surface area (Å²) < 4.78 is 27.1. The average molecular weight is 655 g/mol. The molecule has 13 heteroatoms. The van der Waals surface area contributed by atoms with Gasteiger partial charge in [-0.1, -0.05) is 23.2 Å². The molecular weight excluding hydrogens is 624 g/mol. The predicted molar refractivity (Wildman–Crippen MR) is 165 cm³/mol. The number of methoxy groups -OCH3 is 1. The summed E-state index contributed by atoms with van der Waals surface area (Å²) >= 11 is 13.0. The summed E-state index contributed by atoms with van der Waals surface area (Å²) in [5.74, 6) is -1.12. The molecule has 4 aromatic rings. The van der Waals surface area contributed by atoms with E-state index in [2.05, 4.69) is 10.4 Å². The van der Waals surface area contributed by atoms with E-state index in [0.29, 0.717) is 46.2 Å². The lowest BCUT2D eigenvalue weighted by Crippen LogP contribution is -2.44. The number of carbonyl (C=O) groups excluding carboxylic acids is 2. The summed E-state index contributed by atoms with van der Waals surface area (Å²) in [5.41, 5.74) is 5.11. The first kappa shape index (κ1) is 29.8. The molecule has 3 heterocycles. The number of benzene rings is 2. The van der Waals surface area contributed by atoms with Gasteiger partial charge in [-0.2, -0.15) is 5.10 Å². The van der Waals surface area contributed by atoms with Gasteiger partial charge in [-0.15, -0.1) is 0 Å². The van der Waals surface area contributed by atoms with Crippen LogP contribution in [0.25, 0.3) is 22.2 Å². The molecule has 2 fully saturated rings. The largest absolute Gasteiger partial charge is 0.494 e. The fraction of sp³-hybridized carbons (Fsp3) is 0.375. The number of nitrogens with two attached hydrogens (primary N) is 1. The molecule has 2 aromatic heterocycles. The number of alkyl halides is 1. The molecule has 2 aromatic carbocycles. The van der Waals surface area contributed by atoms with Gasteiger partial charge in [0.25, 0.3) is 5.91 Å². The van der Waals surface area contributed by atoms with Crippen molar-refractivity contribution >= 4 is 45.9 Å². The summed E-state index contributed by atoms with van der Waals surface area (Å²) in [5, 5.41) is 20.5. The maximum absolute atomic E-state index is 14.0. The Labute approximate surface area is 267 Å². The van der Waals surface area contributed by atoms with Crippen LogP contribution in [-0.4, -0.2) is 51.9 Å². The Kier molecular flexibility index (Phi) is 6.81. The number of ether oxygens (including phenoxy) is 2. The molecule has 2 aliphatic carbocycles. The number of fused-ring (bicyclic) bond motifs is 2. The standard InChI is InChI=1S/C32H30Cl2FN5O5/c1-30(29(36)42)15-45-27-21(30)12-24(38-26(27)20-6-5-19(35)11-22(20)33)32(43,18-3-4-18)14-37-28(41)16-9-17-13-40(31(34)7-8-31)39-25(17)23(10-16)44-2/h5-6,9-13,18,43H,3-4,7-8,14-15H2,1-2H3,(H2,36,42)(H,37,41)/t30-,32?/m0/s1. The first-order valence-corrected chi connectivity index (χ1v) is 15.3. The van der Waals surface area contributed by atoms with Crippen molar-refractivity contribution in [1.82, 2.24) is 20.1 Å². The smallest absolute Gasteiger partial charge is 0.251 e. The van der Waals surface area contributed by atoms with Gasteiger partial charge in [-0.25, -0.2) is 9.37 Å². The maximum Gasteiger partial charge on any atom is 0.251 e. The van der Waals surface area contributed by atoms with Crippen LogP contribution in [0.5, 0.6) is 11.5 Å². The van der Waals surface area contributed by atoms with Gasteiger partial charge in [0.15, 0.2) is 0 Å². The van der Waals surface area contributed by atoms with Crippen LogP contribution in [0, 0.1) is 11.7 Å². The van der Waals surface area contributed by atoms with Crippen LogP contribution in [0.1, 0.15) is 54.2 Å². The molecule has 2 saturated carbocycles. The fourth-order valence-electron chi connectivity index (χ4n) is 5.92. The normalized spacial score (nSPS) is 21.1. The fourth-order valence-corrected chi connectivity index (χ4v) is 6.36. The molecule has 7 rings (SSSR count). The highest BCUT2D eigenvalue weighted by Crippen LogP contribution is 2.51. The molecule has 10 nitrogen and oxygen atoms in total. The summed E-state index contributed by atoms with van der Waals surface area (Å²) in [4.78, 5) is 30.4. The first-order valence-electron chi connectivity index (χ1n) is 14.6. The van der Waals surface area contributed by atoms with E-state index in [9.17, 15) is 19.1 Å². The number of nitrogens with one attached hydrogen (secondary N) is 1. The van der Waals surface area contributed by atoms with Crippen molar-refractivity contribution in [2.45, 2.75) is 48.6 Å². The summed E-state index contributed by atoms with van der Waals surface area (Å²) in [6.45, 7) is 1.43. The van der Waals surface area contributed by atoms with Crippen LogP contribution in [0.15, 0.2) is 42.6 Å². The van der Waals surface area contributed by atoms with Crippen LogP contribution in [0.2, 0.25) is 5.02 Å². The summed E-state index contributed by atoms with van der Waals surface area (Å²) in [6.07, 6.45) is 4.79. The quantitative estimate of drug-likeness (QED) is 0.221. The van der Waals surface area contributed by atoms with Gasteiger partial charge >= 0.3 is 0 Å². The molecule has 0 spiro atoms. The van der Waals surface area contributed by atoms with Gasteiger partial charge in [-0.3, -0.25) is 14.3 Å². The maximum atomic E-state index is 14.0. The molecule has 1 unspecified atom stereocenters. The Morgan fingerprint density at radius 2 is 2.02 bits per heavy atom. The molecular formula is C32H30Cl2FN5O5. The Bertz CT molecular complexity index is 1910. The van der Waals surface area contributed by atoms with Gasteiger partial charge in [-0.05, 0) is 74.9 Å². The van der Waals surface area contributed by atoms with Crippen molar-refractivity contribution in [3.63, 3.8) is 0 Å². The van der Waals surface area contributed by atoms with Crippen molar-refractivity contribution in [3.8, 4) is 22.8 Å². The van der Waals surface area contributed by atoms with Crippen molar-refractivity contribution in [2.24, 2.45) is 11.7 Å². The third-order valence-electron chi connectivity index (χ3n) is 9.15. The Morgan fingerprint density at radius 3 is 2.67 bits per heavy atom. The van der Waals surface area contributed by atoms with E-state index < -0.39 is 33.6 Å². The van der Waals surface area contributed by atoms with Crippen LogP contribution >= 0.6 is 23.2 Å². The van der Waals surface area contributed by atoms with E-state index in [4.69, 9.17) is 43.4 Å². The van der Waals surface area contributed by atoms with Gasteiger partial charge in [0.05, 0.1) is 24.4 Å². The highest BCUT2D eigenvalue weighted by molar-refractivity contribution is 6.33. The number of hydrogen-bond donors (Lipinski definition) is 3. The van der Waals surface area contributed by atoms with Crippen molar-refractivity contribution in [2.75, 3.05) is 20.3 Å². The molecule has 45 heavy (non-hydrogen) atoms. The minimum absolute atomic E-state index is 0.0427. The van der Waals surface area contributed by atoms with E-state index >= 15 is 0 Å². The van der Waals surface area contributed by atoms with E-state index in [1.807, 2.05) is 0 Å². The van der Waals surface area contributed by atoms with Crippen LogP contribution in [-0.2, 0) is 20.8 Å². The number of halogens is 3. The molecule has 234 valence electrons. The molecule has 0 saturated heterocycles. The van der Waals surface area contributed by atoms with E-state index in [1.165, 1.54) is 19.2 Å². The van der Waals surface area contributed by atoms with Gasteiger partial charge in [0.2, 0.25) is 5.91 Å². The zero-order valence-corrected chi connectivity index (χ0v) is 26.0.